The summed E-state index contributed by atoms with van der Waals surface area (Å²) >= 11 is 0. The monoisotopic (exact) mass is 542 g/mol. The lowest BCUT2D eigenvalue weighted by Crippen LogP contribution is -2.59. The van der Waals surface area contributed by atoms with Gasteiger partial charge in [0.1, 0.15) is 6.04 Å². The fourth-order valence-corrected chi connectivity index (χ4v) is 8.32. The molecule has 5 fully saturated rings. The molecule has 8 nitrogen and oxygen atoms in total. The van der Waals surface area contributed by atoms with Gasteiger partial charge >= 0.3 is 0 Å². The summed E-state index contributed by atoms with van der Waals surface area (Å²) in [7, 11) is 0. The average Bonchev–Trinajstić information content (AvgIpc) is 3.23. The van der Waals surface area contributed by atoms with Gasteiger partial charge in [-0.3, -0.25) is 19.2 Å². The maximum Gasteiger partial charge on any atom is 0.287 e. The number of nitrogens with one attached hydrogen (secondary N) is 2. The van der Waals surface area contributed by atoms with Crippen LogP contribution in [0.2, 0.25) is 0 Å². The molecule has 1 aliphatic heterocycles. The van der Waals surface area contributed by atoms with E-state index < -0.39 is 23.8 Å². The second-order valence-electron chi connectivity index (χ2n) is 14.0. The van der Waals surface area contributed by atoms with Crippen LogP contribution in [0.25, 0.3) is 0 Å². The van der Waals surface area contributed by atoms with Gasteiger partial charge in [0.15, 0.2) is 0 Å². The molecule has 0 aromatic rings. The molecule has 4 aliphatic carbocycles. The van der Waals surface area contributed by atoms with E-state index in [1.54, 1.807) is 0 Å². The van der Waals surface area contributed by atoms with Crippen molar-refractivity contribution in [1.82, 2.24) is 15.5 Å². The van der Waals surface area contributed by atoms with Gasteiger partial charge in [0.25, 0.3) is 5.91 Å². The summed E-state index contributed by atoms with van der Waals surface area (Å²) < 4.78 is 0. The number of carbonyl (C=O) groups excluding carboxylic acids is 4. The van der Waals surface area contributed by atoms with Crippen LogP contribution < -0.4 is 16.4 Å². The van der Waals surface area contributed by atoms with Crippen LogP contribution in [0.5, 0.6) is 0 Å². The van der Waals surface area contributed by atoms with Gasteiger partial charge in [-0.1, -0.05) is 71.6 Å². The predicted octanol–water partition coefficient (Wildman–Crippen LogP) is 3.32. The van der Waals surface area contributed by atoms with Crippen molar-refractivity contribution in [2.75, 3.05) is 13.1 Å². The van der Waals surface area contributed by atoms with E-state index in [2.05, 4.69) is 24.5 Å². The number of ketones is 1. The number of fused-ring (bicyclic) bond motifs is 1. The molecule has 39 heavy (non-hydrogen) atoms. The minimum absolute atomic E-state index is 0.0220. The van der Waals surface area contributed by atoms with Gasteiger partial charge in [0.2, 0.25) is 17.6 Å². The summed E-state index contributed by atoms with van der Waals surface area (Å²) in [6.45, 7) is 5.79. The molecule has 4 N–H and O–H groups in total. The van der Waals surface area contributed by atoms with Crippen LogP contribution in [-0.2, 0) is 19.2 Å². The largest absolute Gasteiger partial charge is 0.363 e. The molecule has 5 rings (SSSR count). The zero-order chi connectivity index (χ0) is 27.7. The van der Waals surface area contributed by atoms with Gasteiger partial charge in [-0.15, -0.1) is 0 Å². The molecule has 3 unspecified atom stereocenters. The van der Waals surface area contributed by atoms with Crippen molar-refractivity contribution in [3.05, 3.63) is 0 Å². The van der Waals surface area contributed by atoms with Crippen molar-refractivity contribution in [1.29, 1.82) is 0 Å². The van der Waals surface area contributed by atoms with Crippen LogP contribution in [-0.4, -0.2) is 59.6 Å². The molecular formula is C31H50N4O4. The number of primary amides is 1. The number of hydrogen-bond acceptors (Lipinski definition) is 5. The van der Waals surface area contributed by atoms with E-state index in [1.807, 2.05) is 4.90 Å². The molecule has 0 bridgehead atoms. The minimum Gasteiger partial charge on any atom is -0.363 e. The molecule has 0 spiro atoms. The van der Waals surface area contributed by atoms with Crippen molar-refractivity contribution >= 4 is 23.5 Å². The molecule has 8 heteroatoms. The van der Waals surface area contributed by atoms with E-state index in [4.69, 9.17) is 5.73 Å². The minimum atomic E-state index is -1.01. The van der Waals surface area contributed by atoms with Gasteiger partial charge in [0.05, 0.1) is 12.1 Å². The molecule has 4 saturated carbocycles. The highest BCUT2D eigenvalue weighted by atomic mass is 16.2. The average molecular weight is 543 g/mol. The topological polar surface area (TPSA) is 122 Å². The number of hydrogen-bond donors (Lipinski definition) is 3. The fraction of sp³-hybridized carbons (Fsp3) is 0.871. The molecule has 5 aliphatic rings. The summed E-state index contributed by atoms with van der Waals surface area (Å²) in [5.41, 5.74) is 5.34. The van der Waals surface area contributed by atoms with E-state index in [0.29, 0.717) is 30.7 Å². The summed E-state index contributed by atoms with van der Waals surface area (Å²) in [5.74, 6) is -0.391. The molecule has 218 valence electrons. The number of nitrogens with zero attached hydrogens (tertiary/aromatic N) is 1. The van der Waals surface area contributed by atoms with Crippen LogP contribution in [0.1, 0.15) is 104 Å². The van der Waals surface area contributed by atoms with Crippen molar-refractivity contribution in [2.45, 2.75) is 122 Å². The SMILES string of the molecule is CC1(C)C2CN(C(=O)[C@@H](NCC3CCCCC3)C3CCCCC3)C(C(=O)NC(CC3CCC3)C(=O)C(N)=O)[C@@H]21. The molecule has 3 amide bonds. The number of carbonyl (C=O) groups is 4. The number of amides is 3. The zero-order valence-corrected chi connectivity index (χ0v) is 24.1. The van der Waals surface area contributed by atoms with Crippen LogP contribution in [0.3, 0.4) is 0 Å². The molecule has 0 aromatic carbocycles. The predicted molar refractivity (Wildman–Crippen MR) is 149 cm³/mol. The third-order valence-corrected chi connectivity index (χ3v) is 11.2. The van der Waals surface area contributed by atoms with Gasteiger partial charge in [-0.2, -0.15) is 0 Å². The molecule has 5 atom stereocenters. The lowest BCUT2D eigenvalue weighted by Gasteiger charge is -2.38. The number of Topliss-reactive ketones (excluding diaryl/α,β-unsaturated/α-hetero) is 1. The van der Waals surface area contributed by atoms with Gasteiger partial charge in [-0.25, -0.2) is 0 Å². The van der Waals surface area contributed by atoms with E-state index in [1.165, 1.54) is 38.5 Å². The Morgan fingerprint density at radius 2 is 1.49 bits per heavy atom. The molecule has 0 radical (unpaired) electrons. The van der Waals surface area contributed by atoms with E-state index in [9.17, 15) is 19.2 Å². The maximum absolute atomic E-state index is 14.3. The molecule has 0 aromatic heterocycles. The first kappa shape index (κ1) is 28.6. The van der Waals surface area contributed by atoms with Crippen molar-refractivity contribution in [2.24, 2.45) is 40.7 Å². The van der Waals surface area contributed by atoms with Crippen LogP contribution in [0.4, 0.5) is 0 Å². The summed E-state index contributed by atoms with van der Waals surface area (Å²) in [6.07, 6.45) is 15.5. The number of likely N-dealkylation sites (tertiary alicyclic amines) is 1. The number of nitrogens with two attached hydrogens (primary N) is 1. The van der Waals surface area contributed by atoms with Crippen molar-refractivity contribution in [3.8, 4) is 0 Å². The van der Waals surface area contributed by atoms with Gasteiger partial charge in [-0.05, 0) is 73.7 Å². The Morgan fingerprint density at radius 1 is 0.872 bits per heavy atom. The lowest BCUT2D eigenvalue weighted by molar-refractivity contribution is -0.145. The van der Waals surface area contributed by atoms with Gasteiger partial charge < -0.3 is 21.3 Å². The second kappa shape index (κ2) is 11.9. The Hall–Kier alpha value is -1.96. The van der Waals surface area contributed by atoms with Crippen molar-refractivity contribution < 1.29 is 19.2 Å². The summed E-state index contributed by atoms with van der Waals surface area (Å²) in [5, 5.41) is 6.64. The summed E-state index contributed by atoms with van der Waals surface area (Å²) in [4.78, 5) is 54.5. The van der Waals surface area contributed by atoms with E-state index >= 15 is 0 Å². The highest BCUT2D eigenvalue weighted by Crippen LogP contribution is 2.65. The van der Waals surface area contributed by atoms with E-state index in [-0.39, 0.29) is 35.1 Å². The Kier molecular flexibility index (Phi) is 8.70. The molecule has 1 saturated heterocycles. The quantitative estimate of drug-likeness (QED) is 0.346. The van der Waals surface area contributed by atoms with Crippen molar-refractivity contribution in [3.63, 3.8) is 0 Å². The lowest BCUT2D eigenvalue weighted by atomic mass is 9.80. The van der Waals surface area contributed by atoms with Crippen LogP contribution in [0, 0.1) is 35.0 Å². The first-order valence-corrected chi connectivity index (χ1v) is 15.9. The Morgan fingerprint density at radius 3 is 2.08 bits per heavy atom. The zero-order valence-electron chi connectivity index (χ0n) is 24.1. The number of piperidine rings is 1. The Balaban J connectivity index is 1.33. The Labute approximate surface area is 234 Å². The van der Waals surface area contributed by atoms with Crippen LogP contribution >= 0.6 is 0 Å². The summed E-state index contributed by atoms with van der Waals surface area (Å²) in [6, 6.07) is -1.78. The smallest absolute Gasteiger partial charge is 0.287 e. The third kappa shape index (κ3) is 6.06. The van der Waals surface area contributed by atoms with E-state index in [0.717, 1.165) is 51.5 Å². The highest BCUT2D eigenvalue weighted by Gasteiger charge is 2.69. The Bertz CT molecular complexity index is 935. The molecule has 1 heterocycles. The first-order chi connectivity index (χ1) is 18.7. The maximum atomic E-state index is 14.3. The fourth-order valence-electron chi connectivity index (χ4n) is 8.32. The number of rotatable bonds is 11. The normalized spacial score (nSPS) is 30.6. The standard InChI is InChI=1S/C31H50N4O4/c1-31(2)22-18-35(26(24(22)31)29(38)34-23(27(36)28(32)37)16-19-12-9-13-19)30(39)25(21-14-7-4-8-15-21)33-17-20-10-5-3-6-11-20/h19-26,33H,3-18H2,1-2H3,(H2,32,37)(H,34,38)/t22?,23?,24-,25+,26?/m1/s1. The highest BCUT2D eigenvalue weighted by molar-refractivity contribution is 6.37. The van der Waals surface area contributed by atoms with Gasteiger partial charge in [0, 0.05) is 6.54 Å². The second-order valence-corrected chi connectivity index (χ2v) is 14.0. The first-order valence-electron chi connectivity index (χ1n) is 15.9. The molecular weight excluding hydrogens is 492 g/mol. The van der Waals surface area contributed by atoms with Crippen LogP contribution in [0.15, 0.2) is 0 Å². The third-order valence-electron chi connectivity index (χ3n) is 11.2.